The summed E-state index contributed by atoms with van der Waals surface area (Å²) in [6.45, 7) is 1.42. The number of hydrogen-bond acceptors (Lipinski definition) is 2. The molecule has 0 aromatic heterocycles. The lowest BCUT2D eigenvalue weighted by atomic mass is 9.93. The number of aliphatic carboxylic acids is 1. The van der Waals surface area contributed by atoms with Crippen molar-refractivity contribution in [2.75, 3.05) is 0 Å². The summed E-state index contributed by atoms with van der Waals surface area (Å²) in [6, 6.07) is 4.84. The lowest BCUT2D eigenvalue weighted by Crippen LogP contribution is -2.50. The molecular weight excluding hydrogens is 265 g/mol. The number of hydrogen-bond donors (Lipinski definition) is 2. The summed E-state index contributed by atoms with van der Waals surface area (Å²) in [5, 5.41) is 12.1. The molecule has 0 aliphatic rings. The van der Waals surface area contributed by atoms with Crippen molar-refractivity contribution in [2.45, 2.75) is 18.9 Å². The number of nitrogens with one attached hydrogen (secondary N) is 1. The first-order chi connectivity index (χ1) is 7.89. The molecule has 0 aliphatic carbocycles. The minimum Gasteiger partial charge on any atom is -0.480 e. The lowest BCUT2D eigenvalue weighted by molar-refractivity contribution is -0.145. The van der Waals surface area contributed by atoms with E-state index >= 15 is 0 Å². The number of benzene rings is 1. The Morgan fingerprint density at radius 3 is 2.59 bits per heavy atom. The van der Waals surface area contributed by atoms with Gasteiger partial charge in [0.1, 0.15) is 5.54 Å². The van der Waals surface area contributed by atoms with Gasteiger partial charge in [0.25, 0.3) is 0 Å². The van der Waals surface area contributed by atoms with Crippen LogP contribution in [0, 0.1) is 0 Å². The Morgan fingerprint density at radius 1 is 1.47 bits per heavy atom. The molecule has 1 aromatic carbocycles. The summed E-state index contributed by atoms with van der Waals surface area (Å²) >= 11 is 11.6. The van der Waals surface area contributed by atoms with Crippen LogP contribution in [0.1, 0.15) is 12.5 Å². The third kappa shape index (κ3) is 3.35. The fourth-order valence-corrected chi connectivity index (χ4v) is 1.70. The minimum absolute atomic E-state index is 0.123. The fraction of sp³-hybridized carbons (Fsp3) is 0.273. The Balaban J connectivity index is 2.97. The highest BCUT2D eigenvalue weighted by atomic mass is 35.5. The molecule has 1 rings (SSSR count). The Bertz CT molecular complexity index is 450. The first kappa shape index (κ1) is 13.8. The van der Waals surface area contributed by atoms with Gasteiger partial charge in [-0.2, -0.15) is 0 Å². The van der Waals surface area contributed by atoms with E-state index in [1.165, 1.54) is 6.92 Å². The summed E-state index contributed by atoms with van der Waals surface area (Å²) in [6.07, 6.45) is 0.490. The van der Waals surface area contributed by atoms with E-state index in [4.69, 9.17) is 28.3 Å². The molecule has 0 saturated heterocycles. The van der Waals surface area contributed by atoms with Crippen LogP contribution in [0.25, 0.3) is 0 Å². The first-order valence-corrected chi connectivity index (χ1v) is 5.53. The monoisotopic (exact) mass is 275 g/mol. The lowest BCUT2D eigenvalue weighted by Gasteiger charge is -2.24. The normalized spacial score (nSPS) is 13.8. The summed E-state index contributed by atoms with van der Waals surface area (Å²) in [4.78, 5) is 21.5. The van der Waals surface area contributed by atoms with Crippen LogP contribution >= 0.6 is 23.2 Å². The van der Waals surface area contributed by atoms with Crippen molar-refractivity contribution in [1.82, 2.24) is 5.32 Å². The van der Waals surface area contributed by atoms with Gasteiger partial charge in [-0.25, -0.2) is 4.79 Å². The van der Waals surface area contributed by atoms with Crippen molar-refractivity contribution in [3.63, 3.8) is 0 Å². The molecule has 0 fully saturated rings. The van der Waals surface area contributed by atoms with Gasteiger partial charge in [0.15, 0.2) is 0 Å². The van der Waals surface area contributed by atoms with Gasteiger partial charge in [-0.1, -0.05) is 29.3 Å². The van der Waals surface area contributed by atoms with Crippen LogP contribution < -0.4 is 5.32 Å². The quantitative estimate of drug-likeness (QED) is 0.809. The highest BCUT2D eigenvalue weighted by Gasteiger charge is 2.32. The zero-order valence-corrected chi connectivity index (χ0v) is 10.5. The number of carboxylic acid groups (broad SMARTS) is 1. The van der Waals surface area contributed by atoms with E-state index in [1.54, 1.807) is 18.2 Å². The Kier molecular flexibility index (Phi) is 4.37. The number of carboxylic acids is 1. The predicted molar refractivity (Wildman–Crippen MR) is 65.4 cm³/mol. The van der Waals surface area contributed by atoms with E-state index in [-0.39, 0.29) is 6.42 Å². The summed E-state index contributed by atoms with van der Waals surface area (Å²) < 4.78 is 0. The molecule has 92 valence electrons. The third-order valence-electron chi connectivity index (χ3n) is 2.39. The van der Waals surface area contributed by atoms with E-state index in [9.17, 15) is 9.59 Å². The highest BCUT2D eigenvalue weighted by molar-refractivity contribution is 6.42. The van der Waals surface area contributed by atoms with Crippen LogP contribution in [0.15, 0.2) is 18.2 Å². The molecular formula is C11H11Cl2NO3. The highest BCUT2D eigenvalue weighted by Crippen LogP contribution is 2.24. The van der Waals surface area contributed by atoms with Gasteiger partial charge >= 0.3 is 5.97 Å². The molecule has 0 heterocycles. The van der Waals surface area contributed by atoms with Crippen molar-refractivity contribution in [3.8, 4) is 0 Å². The average molecular weight is 276 g/mol. The van der Waals surface area contributed by atoms with Gasteiger partial charge < -0.3 is 10.4 Å². The van der Waals surface area contributed by atoms with E-state index < -0.39 is 11.5 Å². The van der Waals surface area contributed by atoms with Crippen molar-refractivity contribution >= 4 is 35.6 Å². The molecule has 1 aromatic rings. The Morgan fingerprint density at radius 2 is 2.12 bits per heavy atom. The zero-order chi connectivity index (χ0) is 13.1. The van der Waals surface area contributed by atoms with E-state index in [2.05, 4.69) is 5.32 Å². The summed E-state index contributed by atoms with van der Waals surface area (Å²) in [7, 11) is 0. The summed E-state index contributed by atoms with van der Waals surface area (Å²) in [5.41, 5.74) is -0.683. The maximum atomic E-state index is 11.1. The second kappa shape index (κ2) is 5.38. The van der Waals surface area contributed by atoms with Gasteiger partial charge in [0.2, 0.25) is 6.41 Å². The SMILES string of the molecule is C[C@](Cc1ccc(Cl)c(Cl)c1)(NC=O)C(=O)O. The van der Waals surface area contributed by atoms with Crippen LogP contribution in [0.4, 0.5) is 0 Å². The molecule has 6 heteroatoms. The zero-order valence-electron chi connectivity index (χ0n) is 9.04. The Labute approximate surface area is 109 Å². The van der Waals surface area contributed by atoms with E-state index in [0.717, 1.165) is 0 Å². The van der Waals surface area contributed by atoms with Gasteiger partial charge in [-0.05, 0) is 24.6 Å². The molecule has 17 heavy (non-hydrogen) atoms. The van der Waals surface area contributed by atoms with E-state index in [0.29, 0.717) is 22.0 Å². The maximum Gasteiger partial charge on any atom is 0.329 e. The predicted octanol–water partition coefficient (Wildman–Crippen LogP) is 2.13. The van der Waals surface area contributed by atoms with Gasteiger partial charge in [0.05, 0.1) is 10.0 Å². The van der Waals surface area contributed by atoms with Gasteiger partial charge in [0, 0.05) is 6.42 Å². The number of amides is 1. The molecule has 2 N–H and O–H groups in total. The van der Waals surface area contributed by atoms with Crippen LogP contribution in [0.2, 0.25) is 10.0 Å². The Hall–Kier alpha value is -1.26. The van der Waals surface area contributed by atoms with Crippen LogP contribution in [0.5, 0.6) is 0 Å². The molecule has 1 atom stereocenters. The van der Waals surface area contributed by atoms with Crippen LogP contribution in [-0.2, 0) is 16.0 Å². The molecule has 0 aliphatic heterocycles. The molecule has 0 unspecified atom stereocenters. The third-order valence-corrected chi connectivity index (χ3v) is 3.13. The fourth-order valence-electron chi connectivity index (χ4n) is 1.38. The number of carbonyl (C=O) groups excluding carboxylic acids is 1. The van der Waals surface area contributed by atoms with Crippen molar-refractivity contribution in [1.29, 1.82) is 0 Å². The van der Waals surface area contributed by atoms with Gasteiger partial charge in [-0.3, -0.25) is 4.79 Å². The van der Waals surface area contributed by atoms with E-state index in [1.807, 2.05) is 0 Å². The molecule has 0 bridgehead atoms. The number of rotatable bonds is 5. The number of halogens is 2. The topological polar surface area (TPSA) is 66.4 Å². The molecule has 1 amide bonds. The minimum atomic E-state index is -1.36. The second-order valence-electron chi connectivity index (χ2n) is 3.82. The molecule has 0 radical (unpaired) electrons. The van der Waals surface area contributed by atoms with Gasteiger partial charge in [-0.15, -0.1) is 0 Å². The second-order valence-corrected chi connectivity index (χ2v) is 4.64. The maximum absolute atomic E-state index is 11.1. The standard InChI is InChI=1S/C11H11Cl2NO3/c1-11(10(16)17,14-6-15)5-7-2-3-8(12)9(13)4-7/h2-4,6H,5H2,1H3,(H,14,15)(H,16,17)/t11-/m1/s1. The smallest absolute Gasteiger partial charge is 0.329 e. The first-order valence-electron chi connectivity index (χ1n) is 4.78. The van der Waals surface area contributed by atoms with Crippen molar-refractivity contribution < 1.29 is 14.7 Å². The van der Waals surface area contributed by atoms with Crippen molar-refractivity contribution in [3.05, 3.63) is 33.8 Å². The number of carbonyl (C=O) groups is 2. The molecule has 4 nitrogen and oxygen atoms in total. The summed E-state index contributed by atoms with van der Waals surface area (Å²) in [5.74, 6) is -1.12. The van der Waals surface area contributed by atoms with Crippen LogP contribution in [0.3, 0.4) is 0 Å². The van der Waals surface area contributed by atoms with Crippen molar-refractivity contribution in [2.24, 2.45) is 0 Å². The molecule has 0 saturated carbocycles. The largest absolute Gasteiger partial charge is 0.480 e. The van der Waals surface area contributed by atoms with Crippen LogP contribution in [-0.4, -0.2) is 23.0 Å². The molecule has 0 spiro atoms. The average Bonchev–Trinajstić information content (AvgIpc) is 2.23.